The van der Waals surface area contributed by atoms with Crippen molar-refractivity contribution in [3.63, 3.8) is 0 Å². The van der Waals surface area contributed by atoms with E-state index >= 15 is 0 Å². The maximum absolute atomic E-state index is 12.6. The van der Waals surface area contributed by atoms with E-state index in [9.17, 15) is 18.3 Å². The van der Waals surface area contributed by atoms with Crippen molar-refractivity contribution >= 4 is 15.7 Å². The Hall–Kier alpha value is -2.78. The monoisotopic (exact) mass is 405 g/mol. The van der Waals surface area contributed by atoms with Gasteiger partial charge >= 0.3 is 0 Å². The summed E-state index contributed by atoms with van der Waals surface area (Å²) in [5.41, 5.74) is -1.27. The van der Waals surface area contributed by atoms with E-state index in [-0.39, 0.29) is 17.3 Å². The molecule has 0 aliphatic rings. The number of nitrogens with one attached hydrogen (secondary N) is 1. The van der Waals surface area contributed by atoms with Crippen LogP contribution in [0.15, 0.2) is 48.0 Å². The number of ether oxygens (including phenoxy) is 1. The zero-order chi connectivity index (χ0) is 20.9. The van der Waals surface area contributed by atoms with Crippen LogP contribution in [-0.2, 0) is 15.4 Å². The highest BCUT2D eigenvalue weighted by Crippen LogP contribution is 2.25. The highest BCUT2D eigenvalue weighted by Gasteiger charge is 2.24. The van der Waals surface area contributed by atoms with Crippen LogP contribution in [0.3, 0.4) is 0 Å². The molecule has 1 aromatic carbocycles. The molecule has 2 N–H and O–H groups in total. The molecule has 1 aromatic heterocycles. The van der Waals surface area contributed by atoms with Crippen molar-refractivity contribution in [3.8, 4) is 11.6 Å². The number of hydrogen-bond acceptors (Lipinski definition) is 7. The molecule has 8 nitrogen and oxygen atoms in total. The average Bonchev–Trinajstić information content (AvgIpc) is 2.59. The first-order valence-corrected chi connectivity index (χ1v) is 10.4. The van der Waals surface area contributed by atoms with Gasteiger partial charge in [0.1, 0.15) is 16.9 Å². The lowest BCUT2D eigenvalue weighted by Crippen LogP contribution is -2.32. The maximum Gasteiger partial charge on any atom is 0.258 e. The third-order valence-electron chi connectivity index (χ3n) is 3.48. The Bertz CT molecular complexity index is 967. The Kier molecular flexibility index (Phi) is 6.52. The smallest absolute Gasteiger partial charge is 0.258 e. The summed E-state index contributed by atoms with van der Waals surface area (Å²) in [5, 5.41) is 13.8. The summed E-state index contributed by atoms with van der Waals surface area (Å²) in [6.45, 7) is 4.67. The van der Waals surface area contributed by atoms with Gasteiger partial charge in [-0.2, -0.15) is 4.98 Å². The standard InChI is InChI=1S/C19H23N3O5S/c1-13(10-11-28(4,25)26)21-16(23)15-12-20-18(19(2,3)24)22-17(15)27-14-8-6-5-7-9-14/h5-13,24H,1-4H3,(H,21,23)/b11-10+/t13-/m0/s1. The molecule has 0 saturated heterocycles. The van der Waals surface area contributed by atoms with Gasteiger partial charge in [0.05, 0.1) is 0 Å². The molecule has 0 bridgehead atoms. The number of nitrogens with zero attached hydrogens (tertiary/aromatic N) is 2. The quantitative estimate of drug-likeness (QED) is 0.725. The van der Waals surface area contributed by atoms with E-state index in [4.69, 9.17) is 4.74 Å². The van der Waals surface area contributed by atoms with Gasteiger partial charge in [-0.1, -0.05) is 24.3 Å². The molecule has 9 heteroatoms. The molecule has 2 rings (SSSR count). The second-order valence-corrected chi connectivity index (χ2v) is 8.74. The summed E-state index contributed by atoms with van der Waals surface area (Å²) in [5.74, 6) is -0.00374. The van der Waals surface area contributed by atoms with Crippen LogP contribution in [0.2, 0.25) is 0 Å². The molecule has 0 aliphatic heterocycles. The Morgan fingerprint density at radius 1 is 1.29 bits per heavy atom. The molecule has 0 fully saturated rings. The van der Waals surface area contributed by atoms with Crippen molar-refractivity contribution in [3.05, 3.63) is 59.4 Å². The summed E-state index contributed by atoms with van der Waals surface area (Å²) in [4.78, 5) is 20.9. The largest absolute Gasteiger partial charge is 0.438 e. The van der Waals surface area contributed by atoms with Crippen LogP contribution in [-0.4, -0.2) is 41.7 Å². The highest BCUT2D eigenvalue weighted by atomic mass is 32.2. The number of rotatable bonds is 7. The molecule has 2 aromatic rings. The first kappa shape index (κ1) is 21.5. The Labute approximate surface area is 164 Å². The van der Waals surface area contributed by atoms with Gasteiger partial charge < -0.3 is 15.2 Å². The zero-order valence-corrected chi connectivity index (χ0v) is 16.9. The van der Waals surface area contributed by atoms with Gasteiger partial charge in [-0.05, 0) is 32.9 Å². The zero-order valence-electron chi connectivity index (χ0n) is 16.1. The number of benzene rings is 1. The second-order valence-electron chi connectivity index (χ2n) is 6.81. The minimum Gasteiger partial charge on any atom is -0.438 e. The van der Waals surface area contributed by atoms with Crippen LogP contribution >= 0.6 is 0 Å². The lowest BCUT2D eigenvalue weighted by atomic mass is 10.1. The maximum atomic E-state index is 12.6. The fourth-order valence-electron chi connectivity index (χ4n) is 2.09. The summed E-state index contributed by atoms with van der Waals surface area (Å²) >= 11 is 0. The molecular formula is C19H23N3O5S. The van der Waals surface area contributed by atoms with Gasteiger partial charge in [-0.3, -0.25) is 4.79 Å². The van der Waals surface area contributed by atoms with E-state index in [0.29, 0.717) is 5.75 Å². The van der Waals surface area contributed by atoms with Crippen LogP contribution in [0.1, 0.15) is 37.0 Å². The molecule has 0 saturated carbocycles. The van der Waals surface area contributed by atoms with Gasteiger partial charge in [0.25, 0.3) is 5.91 Å². The molecule has 1 amide bonds. The summed E-state index contributed by atoms with van der Waals surface area (Å²) in [6, 6.07) is 8.20. The van der Waals surface area contributed by atoms with Crippen molar-refractivity contribution in [2.24, 2.45) is 0 Å². The average molecular weight is 405 g/mol. The van der Waals surface area contributed by atoms with E-state index in [1.807, 2.05) is 6.07 Å². The highest BCUT2D eigenvalue weighted by molar-refractivity contribution is 7.93. The van der Waals surface area contributed by atoms with Gasteiger partial charge in [0.15, 0.2) is 15.7 Å². The van der Waals surface area contributed by atoms with Crippen molar-refractivity contribution < 1.29 is 23.1 Å². The van der Waals surface area contributed by atoms with E-state index in [0.717, 1.165) is 11.7 Å². The molecule has 150 valence electrons. The Balaban J connectivity index is 2.33. The number of aromatic nitrogens is 2. The number of carbonyl (C=O) groups is 1. The first-order chi connectivity index (χ1) is 13.0. The molecule has 0 unspecified atom stereocenters. The molecular weight excluding hydrogens is 382 g/mol. The fraction of sp³-hybridized carbons (Fsp3) is 0.316. The van der Waals surface area contributed by atoms with Gasteiger partial charge in [0.2, 0.25) is 5.88 Å². The summed E-state index contributed by atoms with van der Waals surface area (Å²) in [7, 11) is -3.30. The van der Waals surface area contributed by atoms with E-state index in [2.05, 4.69) is 15.3 Å². The number of amides is 1. The van der Waals surface area contributed by atoms with Crippen LogP contribution < -0.4 is 10.1 Å². The number of carbonyl (C=O) groups excluding carboxylic acids is 1. The molecule has 1 heterocycles. The molecule has 28 heavy (non-hydrogen) atoms. The van der Waals surface area contributed by atoms with E-state index in [1.165, 1.54) is 26.1 Å². The van der Waals surface area contributed by atoms with Crippen LogP contribution in [0, 0.1) is 0 Å². The number of para-hydroxylation sites is 1. The summed E-state index contributed by atoms with van der Waals surface area (Å²) < 4.78 is 28.2. The number of hydrogen-bond donors (Lipinski definition) is 2. The second kappa shape index (κ2) is 8.49. The first-order valence-electron chi connectivity index (χ1n) is 8.47. The third-order valence-corrected chi connectivity index (χ3v) is 4.13. The molecule has 0 spiro atoms. The number of aliphatic hydroxyl groups is 1. The lowest BCUT2D eigenvalue weighted by Gasteiger charge is -2.18. The number of sulfone groups is 1. The third kappa shape index (κ3) is 6.43. The predicted octanol–water partition coefficient (Wildman–Crippen LogP) is 2.17. The lowest BCUT2D eigenvalue weighted by molar-refractivity contribution is 0.0677. The topological polar surface area (TPSA) is 118 Å². The van der Waals surface area contributed by atoms with Crippen molar-refractivity contribution in [1.29, 1.82) is 0 Å². The van der Waals surface area contributed by atoms with Crippen molar-refractivity contribution in [2.45, 2.75) is 32.4 Å². The Morgan fingerprint density at radius 2 is 1.93 bits per heavy atom. The van der Waals surface area contributed by atoms with E-state index < -0.39 is 27.4 Å². The Morgan fingerprint density at radius 3 is 2.50 bits per heavy atom. The minimum atomic E-state index is -3.30. The molecule has 0 radical (unpaired) electrons. The molecule has 0 aliphatic carbocycles. The normalized spacial score (nSPS) is 13.3. The van der Waals surface area contributed by atoms with E-state index in [1.54, 1.807) is 31.2 Å². The van der Waals surface area contributed by atoms with Crippen LogP contribution in [0.5, 0.6) is 11.6 Å². The minimum absolute atomic E-state index is 0.0184. The van der Waals surface area contributed by atoms with Crippen molar-refractivity contribution in [2.75, 3.05) is 6.26 Å². The molecule has 1 atom stereocenters. The predicted molar refractivity (Wildman–Crippen MR) is 105 cm³/mol. The van der Waals surface area contributed by atoms with Crippen LogP contribution in [0.25, 0.3) is 0 Å². The van der Waals surface area contributed by atoms with Gasteiger partial charge in [-0.15, -0.1) is 0 Å². The van der Waals surface area contributed by atoms with Crippen LogP contribution in [0.4, 0.5) is 0 Å². The van der Waals surface area contributed by atoms with Gasteiger partial charge in [-0.25, -0.2) is 13.4 Å². The SMILES string of the molecule is C[C@@H](/C=C/S(C)(=O)=O)NC(=O)c1cnc(C(C)(C)O)nc1Oc1ccccc1. The van der Waals surface area contributed by atoms with Gasteiger partial charge in [0, 0.05) is 23.9 Å². The summed E-state index contributed by atoms with van der Waals surface area (Å²) in [6.07, 6.45) is 3.69. The van der Waals surface area contributed by atoms with Crippen molar-refractivity contribution in [1.82, 2.24) is 15.3 Å². The fourth-order valence-corrected chi connectivity index (χ4v) is 2.61.